The van der Waals surface area contributed by atoms with E-state index in [0.717, 1.165) is 4.47 Å². The first kappa shape index (κ1) is 25.3. The number of rotatable bonds is 10. The molecule has 0 aliphatic carbocycles. The van der Waals surface area contributed by atoms with Crippen LogP contribution >= 0.6 is 27.7 Å². The van der Waals surface area contributed by atoms with Gasteiger partial charge in [-0.3, -0.25) is 4.79 Å². The van der Waals surface area contributed by atoms with Gasteiger partial charge in [-0.1, -0.05) is 21.1 Å². The fraction of sp³-hybridized carbons (Fsp3) is 0.273. The van der Waals surface area contributed by atoms with Crippen LogP contribution in [0.15, 0.2) is 68.5 Å². The molecule has 0 fully saturated rings. The number of carbonyl (C=O) groups is 1. The molecule has 8 nitrogen and oxygen atoms in total. The lowest BCUT2D eigenvalue weighted by atomic mass is 10.1. The monoisotopic (exact) mass is 554 g/mol. The maximum Gasteiger partial charge on any atom is 0.323 e. The summed E-state index contributed by atoms with van der Waals surface area (Å²) in [4.78, 5) is 11.9. The zero-order chi connectivity index (χ0) is 24.2. The van der Waals surface area contributed by atoms with Crippen molar-refractivity contribution < 1.29 is 27.6 Å². The molecule has 0 bridgehead atoms. The molecular weight excluding hydrogens is 532 g/mol. The average molecular weight is 555 g/mol. The number of nitrogens with zero attached hydrogens (tertiary/aromatic N) is 1. The standard InChI is InChI=1S/C22H23BrN2O6S2/c1-14-12-16(24-31-14)13-32-22(2,3)20(21(26)27)25-33(28,29)19-10-8-18(9-11-19)30-17-6-4-15(23)5-7-17/h4-12,20,25H,13H2,1-3H3,(H,26,27)/t20-/m0/s1. The van der Waals surface area contributed by atoms with Gasteiger partial charge in [0.1, 0.15) is 23.3 Å². The minimum absolute atomic E-state index is 0.0650. The Bertz CT molecular complexity index is 1210. The van der Waals surface area contributed by atoms with Gasteiger partial charge in [-0.15, -0.1) is 11.8 Å². The van der Waals surface area contributed by atoms with E-state index in [1.54, 1.807) is 39.0 Å². The second-order valence-electron chi connectivity index (χ2n) is 7.74. The fourth-order valence-electron chi connectivity index (χ4n) is 2.87. The Morgan fingerprint density at radius 2 is 1.76 bits per heavy atom. The summed E-state index contributed by atoms with van der Waals surface area (Å²) < 4.78 is 38.8. The molecule has 2 aromatic carbocycles. The smallest absolute Gasteiger partial charge is 0.323 e. The van der Waals surface area contributed by atoms with Crippen LogP contribution in [-0.2, 0) is 20.6 Å². The van der Waals surface area contributed by atoms with Gasteiger partial charge in [0, 0.05) is 21.0 Å². The number of sulfonamides is 1. The van der Waals surface area contributed by atoms with Gasteiger partial charge in [-0.2, -0.15) is 4.72 Å². The highest BCUT2D eigenvalue weighted by Gasteiger charge is 2.39. The number of carboxylic acid groups (broad SMARTS) is 1. The van der Waals surface area contributed by atoms with Crippen molar-refractivity contribution in [1.29, 1.82) is 0 Å². The minimum atomic E-state index is -4.10. The van der Waals surface area contributed by atoms with Crippen LogP contribution in [0.5, 0.6) is 11.5 Å². The average Bonchev–Trinajstić information content (AvgIpc) is 3.18. The molecular formula is C22H23BrN2O6S2. The van der Waals surface area contributed by atoms with Crippen molar-refractivity contribution in [3.8, 4) is 11.5 Å². The molecule has 0 spiro atoms. The van der Waals surface area contributed by atoms with E-state index in [1.165, 1.54) is 36.0 Å². The number of aryl methyl sites for hydroxylation is 1. The zero-order valence-electron chi connectivity index (χ0n) is 18.1. The third kappa shape index (κ3) is 6.83. The first-order chi connectivity index (χ1) is 15.5. The Labute approximate surface area is 204 Å². The number of aliphatic carboxylic acids is 1. The first-order valence-corrected chi connectivity index (χ1v) is 13.1. The number of thioether (sulfide) groups is 1. The highest BCUT2D eigenvalue weighted by atomic mass is 79.9. The number of carboxylic acids is 1. The van der Waals surface area contributed by atoms with Gasteiger partial charge < -0.3 is 14.4 Å². The first-order valence-electron chi connectivity index (χ1n) is 9.81. The highest BCUT2D eigenvalue weighted by molar-refractivity contribution is 9.10. The van der Waals surface area contributed by atoms with E-state index in [0.29, 0.717) is 28.7 Å². The minimum Gasteiger partial charge on any atom is -0.480 e. The summed E-state index contributed by atoms with van der Waals surface area (Å²) in [6, 6.07) is 13.3. The van der Waals surface area contributed by atoms with Crippen LogP contribution in [0, 0.1) is 6.92 Å². The van der Waals surface area contributed by atoms with Gasteiger partial charge in [0.15, 0.2) is 0 Å². The molecule has 1 aromatic heterocycles. The fourth-order valence-corrected chi connectivity index (χ4v) is 5.53. The maximum absolute atomic E-state index is 12.9. The van der Waals surface area contributed by atoms with Crippen LogP contribution in [0.25, 0.3) is 0 Å². The molecule has 1 atom stereocenters. The highest BCUT2D eigenvalue weighted by Crippen LogP contribution is 2.32. The summed E-state index contributed by atoms with van der Waals surface area (Å²) in [5.41, 5.74) is 0.652. The molecule has 11 heteroatoms. The van der Waals surface area contributed by atoms with Crippen molar-refractivity contribution in [2.24, 2.45) is 0 Å². The third-order valence-corrected chi connectivity index (χ3v) is 8.05. The van der Waals surface area contributed by atoms with Crippen LogP contribution in [0.4, 0.5) is 0 Å². The molecule has 33 heavy (non-hydrogen) atoms. The van der Waals surface area contributed by atoms with E-state index in [-0.39, 0.29) is 4.90 Å². The molecule has 0 unspecified atom stereocenters. The second kappa shape index (κ2) is 10.3. The predicted molar refractivity (Wildman–Crippen MR) is 129 cm³/mol. The number of ether oxygens (including phenoxy) is 1. The van der Waals surface area contributed by atoms with Crippen molar-refractivity contribution in [3.63, 3.8) is 0 Å². The van der Waals surface area contributed by atoms with Gasteiger partial charge >= 0.3 is 5.97 Å². The summed E-state index contributed by atoms with van der Waals surface area (Å²) in [7, 11) is -4.10. The lowest BCUT2D eigenvalue weighted by Crippen LogP contribution is -2.52. The number of hydrogen-bond acceptors (Lipinski definition) is 7. The SMILES string of the molecule is Cc1cc(CSC(C)(C)[C@@H](NS(=O)(=O)c2ccc(Oc3ccc(Br)cc3)cc2)C(=O)O)no1. The number of nitrogens with one attached hydrogen (secondary N) is 1. The Hall–Kier alpha value is -2.34. The number of halogens is 1. The number of aromatic nitrogens is 1. The molecule has 3 rings (SSSR count). The topological polar surface area (TPSA) is 119 Å². The van der Waals surface area contributed by atoms with Crippen molar-refractivity contribution in [2.75, 3.05) is 0 Å². The lowest BCUT2D eigenvalue weighted by Gasteiger charge is -2.31. The molecule has 2 N–H and O–H groups in total. The van der Waals surface area contributed by atoms with Crippen LogP contribution in [0.1, 0.15) is 25.3 Å². The molecule has 0 radical (unpaired) electrons. The van der Waals surface area contributed by atoms with E-state index in [2.05, 4.69) is 25.8 Å². The summed E-state index contributed by atoms with van der Waals surface area (Å²) >= 11 is 4.62. The van der Waals surface area contributed by atoms with Crippen LogP contribution in [-0.4, -0.2) is 35.4 Å². The molecule has 1 heterocycles. The van der Waals surface area contributed by atoms with Gasteiger partial charge in [0.25, 0.3) is 0 Å². The largest absolute Gasteiger partial charge is 0.480 e. The number of benzene rings is 2. The Balaban J connectivity index is 1.71. The zero-order valence-corrected chi connectivity index (χ0v) is 21.3. The van der Waals surface area contributed by atoms with Crippen LogP contribution in [0.2, 0.25) is 0 Å². The Morgan fingerprint density at radius 3 is 2.27 bits per heavy atom. The lowest BCUT2D eigenvalue weighted by molar-refractivity contribution is -0.139. The summed E-state index contributed by atoms with van der Waals surface area (Å²) in [6.07, 6.45) is 0. The summed E-state index contributed by atoms with van der Waals surface area (Å²) in [6.45, 7) is 5.10. The molecule has 0 saturated carbocycles. The van der Waals surface area contributed by atoms with Crippen molar-refractivity contribution in [2.45, 2.75) is 42.2 Å². The van der Waals surface area contributed by atoms with Crippen LogP contribution < -0.4 is 9.46 Å². The molecule has 0 aliphatic heterocycles. The molecule has 176 valence electrons. The molecule has 3 aromatic rings. The van der Waals surface area contributed by atoms with Crippen molar-refractivity contribution in [1.82, 2.24) is 9.88 Å². The molecule has 0 aliphatic rings. The van der Waals surface area contributed by atoms with E-state index in [9.17, 15) is 18.3 Å². The van der Waals surface area contributed by atoms with Crippen molar-refractivity contribution in [3.05, 3.63) is 70.5 Å². The quantitative estimate of drug-likeness (QED) is 0.360. The van der Waals surface area contributed by atoms with Gasteiger partial charge in [-0.05, 0) is 69.3 Å². The predicted octanol–water partition coefficient (Wildman–Crippen LogP) is 4.98. The second-order valence-corrected chi connectivity index (χ2v) is 12.0. The normalized spacial score (nSPS) is 13.0. The maximum atomic E-state index is 12.9. The van der Waals surface area contributed by atoms with Gasteiger partial charge in [-0.25, -0.2) is 8.42 Å². The molecule has 0 saturated heterocycles. The van der Waals surface area contributed by atoms with Gasteiger partial charge in [0.2, 0.25) is 10.0 Å². The Morgan fingerprint density at radius 1 is 1.18 bits per heavy atom. The van der Waals surface area contributed by atoms with Crippen molar-refractivity contribution >= 4 is 43.7 Å². The number of hydrogen-bond donors (Lipinski definition) is 2. The third-order valence-electron chi connectivity index (χ3n) is 4.67. The van der Waals surface area contributed by atoms with E-state index in [1.807, 2.05) is 12.1 Å². The molecule has 0 amide bonds. The van der Waals surface area contributed by atoms with Gasteiger partial charge in [0.05, 0.1) is 10.6 Å². The Kier molecular flexibility index (Phi) is 7.88. The van der Waals surface area contributed by atoms with E-state index >= 15 is 0 Å². The summed E-state index contributed by atoms with van der Waals surface area (Å²) in [5.74, 6) is 0.788. The van der Waals surface area contributed by atoms with E-state index < -0.39 is 26.8 Å². The van der Waals surface area contributed by atoms with E-state index in [4.69, 9.17) is 9.26 Å². The van der Waals surface area contributed by atoms with Crippen LogP contribution in [0.3, 0.4) is 0 Å². The summed E-state index contributed by atoms with van der Waals surface area (Å²) in [5, 5.41) is 13.6.